The number of hydrogen-bond acceptors (Lipinski definition) is 5. The predicted octanol–water partition coefficient (Wildman–Crippen LogP) is 2.74. The predicted molar refractivity (Wildman–Crippen MR) is 107 cm³/mol. The molecular formula is C22H27N3O3. The van der Waals surface area contributed by atoms with Crippen molar-refractivity contribution in [1.29, 1.82) is 0 Å². The van der Waals surface area contributed by atoms with Gasteiger partial charge in [0.1, 0.15) is 0 Å². The van der Waals surface area contributed by atoms with Crippen LogP contribution in [0, 0.1) is 0 Å². The van der Waals surface area contributed by atoms with E-state index in [1.54, 1.807) is 6.20 Å². The fourth-order valence-electron chi connectivity index (χ4n) is 3.83. The van der Waals surface area contributed by atoms with Crippen molar-refractivity contribution in [2.24, 2.45) is 0 Å². The molecule has 28 heavy (non-hydrogen) atoms. The number of amides is 1. The number of carbonyl (C=O) groups excluding carboxylic acids is 1. The van der Waals surface area contributed by atoms with Crippen molar-refractivity contribution in [3.8, 4) is 0 Å². The number of carbonyl (C=O) groups is 1. The number of benzene rings is 1. The van der Waals surface area contributed by atoms with Crippen molar-refractivity contribution >= 4 is 11.6 Å². The van der Waals surface area contributed by atoms with Gasteiger partial charge in [-0.25, -0.2) is 0 Å². The molecule has 1 aromatic carbocycles. The zero-order valence-electron chi connectivity index (χ0n) is 16.1. The fraction of sp³-hybridized carbons (Fsp3) is 0.455. The lowest BCUT2D eigenvalue weighted by atomic mass is 10.0. The molecule has 0 saturated carbocycles. The third-order valence-corrected chi connectivity index (χ3v) is 5.42. The van der Waals surface area contributed by atoms with Gasteiger partial charge >= 0.3 is 0 Å². The second kappa shape index (κ2) is 9.17. The average molecular weight is 381 g/mol. The molecule has 2 aliphatic heterocycles. The lowest BCUT2D eigenvalue weighted by Gasteiger charge is -2.34. The summed E-state index contributed by atoms with van der Waals surface area (Å²) in [5.41, 5.74) is 2.89. The highest BCUT2D eigenvalue weighted by molar-refractivity contribution is 5.99. The molecule has 4 rings (SSSR count). The lowest BCUT2D eigenvalue weighted by molar-refractivity contribution is -0.000462. The summed E-state index contributed by atoms with van der Waals surface area (Å²) in [6.45, 7) is 5.11. The third-order valence-electron chi connectivity index (χ3n) is 5.42. The minimum Gasteiger partial charge on any atom is -0.378 e. The van der Waals surface area contributed by atoms with Gasteiger partial charge in [0.05, 0.1) is 31.5 Å². The maximum absolute atomic E-state index is 13.2. The van der Waals surface area contributed by atoms with Crippen molar-refractivity contribution in [1.82, 2.24) is 9.88 Å². The number of anilines is 1. The molecule has 2 saturated heterocycles. The van der Waals surface area contributed by atoms with Gasteiger partial charge in [-0.15, -0.1) is 0 Å². The van der Waals surface area contributed by atoms with Gasteiger partial charge in [0.2, 0.25) is 0 Å². The van der Waals surface area contributed by atoms with Crippen LogP contribution in [0.2, 0.25) is 0 Å². The fourth-order valence-corrected chi connectivity index (χ4v) is 3.83. The maximum atomic E-state index is 13.2. The molecule has 0 radical (unpaired) electrons. The Bertz CT molecular complexity index is 770. The molecule has 2 fully saturated rings. The van der Waals surface area contributed by atoms with Crippen LogP contribution in [-0.2, 0) is 16.1 Å². The van der Waals surface area contributed by atoms with E-state index >= 15 is 0 Å². The molecule has 6 heteroatoms. The van der Waals surface area contributed by atoms with E-state index in [0.717, 1.165) is 55.8 Å². The summed E-state index contributed by atoms with van der Waals surface area (Å²) in [5, 5.41) is 0. The van der Waals surface area contributed by atoms with E-state index in [-0.39, 0.29) is 12.0 Å². The van der Waals surface area contributed by atoms with E-state index in [4.69, 9.17) is 9.47 Å². The van der Waals surface area contributed by atoms with Crippen LogP contribution in [0.5, 0.6) is 0 Å². The van der Waals surface area contributed by atoms with Crippen molar-refractivity contribution in [3.05, 3.63) is 59.9 Å². The van der Waals surface area contributed by atoms with Gasteiger partial charge < -0.3 is 19.3 Å². The Kier molecular flexibility index (Phi) is 6.19. The molecule has 3 heterocycles. The highest BCUT2D eigenvalue weighted by Gasteiger charge is 2.27. The first-order valence-corrected chi connectivity index (χ1v) is 10.0. The number of para-hydroxylation sites is 1. The van der Waals surface area contributed by atoms with Gasteiger partial charge in [-0.2, -0.15) is 0 Å². The molecule has 1 amide bonds. The van der Waals surface area contributed by atoms with Gasteiger partial charge in [0.25, 0.3) is 5.91 Å². The maximum Gasteiger partial charge on any atom is 0.255 e. The van der Waals surface area contributed by atoms with Gasteiger partial charge in [0.15, 0.2) is 0 Å². The smallest absolute Gasteiger partial charge is 0.255 e. The number of rotatable bonds is 5. The monoisotopic (exact) mass is 381 g/mol. The van der Waals surface area contributed by atoms with Crippen LogP contribution in [0.25, 0.3) is 0 Å². The molecular weight excluding hydrogens is 354 g/mol. The van der Waals surface area contributed by atoms with Crippen LogP contribution in [0.3, 0.4) is 0 Å². The Morgan fingerprint density at radius 2 is 1.86 bits per heavy atom. The van der Waals surface area contributed by atoms with Crippen LogP contribution in [0.4, 0.5) is 5.69 Å². The van der Waals surface area contributed by atoms with Crippen molar-refractivity contribution in [2.45, 2.75) is 25.6 Å². The minimum atomic E-state index is 0.118. The van der Waals surface area contributed by atoms with E-state index in [2.05, 4.69) is 9.88 Å². The van der Waals surface area contributed by atoms with Gasteiger partial charge in [0, 0.05) is 44.3 Å². The van der Waals surface area contributed by atoms with Crippen LogP contribution < -0.4 is 4.90 Å². The SMILES string of the molecule is O=C(c1ccccc1N1CCOCC1)N1CCC(OCc2cccnc2)CC1. The molecule has 0 spiro atoms. The molecule has 0 atom stereocenters. The Labute approximate surface area is 166 Å². The summed E-state index contributed by atoms with van der Waals surface area (Å²) in [4.78, 5) is 21.5. The van der Waals surface area contributed by atoms with Crippen LogP contribution in [0.1, 0.15) is 28.8 Å². The molecule has 0 N–H and O–H groups in total. The van der Waals surface area contributed by atoms with Crippen LogP contribution >= 0.6 is 0 Å². The van der Waals surface area contributed by atoms with Gasteiger partial charge in [-0.1, -0.05) is 18.2 Å². The molecule has 0 bridgehead atoms. The Hall–Kier alpha value is -2.44. The first kappa shape index (κ1) is 18.9. The normalized spacial score (nSPS) is 18.3. The quantitative estimate of drug-likeness (QED) is 0.797. The Morgan fingerprint density at radius 1 is 1.07 bits per heavy atom. The number of likely N-dealkylation sites (tertiary alicyclic amines) is 1. The van der Waals surface area contributed by atoms with Crippen LogP contribution in [0.15, 0.2) is 48.8 Å². The first-order valence-electron chi connectivity index (χ1n) is 10.0. The number of nitrogens with zero attached hydrogens (tertiary/aromatic N) is 3. The molecule has 0 aliphatic carbocycles. The van der Waals surface area contributed by atoms with Crippen LogP contribution in [-0.4, -0.2) is 61.3 Å². The second-order valence-corrected chi connectivity index (χ2v) is 7.28. The number of ether oxygens (including phenoxy) is 2. The summed E-state index contributed by atoms with van der Waals surface area (Å²) in [5.74, 6) is 0.118. The average Bonchev–Trinajstić information content (AvgIpc) is 2.79. The number of hydrogen-bond donors (Lipinski definition) is 0. The molecule has 0 unspecified atom stereocenters. The van der Waals surface area contributed by atoms with Gasteiger partial charge in [-0.05, 0) is 36.6 Å². The van der Waals surface area contributed by atoms with E-state index in [1.807, 2.05) is 47.5 Å². The number of piperidine rings is 1. The highest BCUT2D eigenvalue weighted by atomic mass is 16.5. The zero-order valence-corrected chi connectivity index (χ0v) is 16.1. The Balaban J connectivity index is 1.34. The van der Waals surface area contributed by atoms with E-state index in [0.29, 0.717) is 19.8 Å². The number of aromatic nitrogens is 1. The van der Waals surface area contributed by atoms with Gasteiger partial charge in [-0.3, -0.25) is 9.78 Å². The molecule has 148 valence electrons. The van der Waals surface area contributed by atoms with E-state index < -0.39 is 0 Å². The van der Waals surface area contributed by atoms with Crippen molar-refractivity contribution in [3.63, 3.8) is 0 Å². The standard InChI is InChI=1S/C22H27N3O3/c26-22(20-5-1-2-6-21(20)24-12-14-27-15-13-24)25-10-7-19(8-11-25)28-17-18-4-3-9-23-16-18/h1-6,9,16,19H,7-8,10-15,17H2. The Morgan fingerprint density at radius 3 is 2.61 bits per heavy atom. The summed E-state index contributed by atoms with van der Waals surface area (Å²) in [6.07, 6.45) is 5.53. The summed E-state index contributed by atoms with van der Waals surface area (Å²) in [7, 11) is 0. The summed E-state index contributed by atoms with van der Waals surface area (Å²) in [6, 6.07) is 11.9. The molecule has 2 aromatic rings. The number of morpholine rings is 1. The summed E-state index contributed by atoms with van der Waals surface area (Å²) >= 11 is 0. The topological polar surface area (TPSA) is 54.9 Å². The van der Waals surface area contributed by atoms with Crippen molar-refractivity contribution in [2.75, 3.05) is 44.3 Å². The highest BCUT2D eigenvalue weighted by Crippen LogP contribution is 2.25. The summed E-state index contributed by atoms with van der Waals surface area (Å²) < 4.78 is 11.5. The zero-order chi connectivity index (χ0) is 19.2. The molecule has 6 nitrogen and oxygen atoms in total. The first-order chi connectivity index (χ1) is 13.8. The molecule has 2 aliphatic rings. The second-order valence-electron chi connectivity index (χ2n) is 7.28. The third kappa shape index (κ3) is 4.51. The lowest BCUT2D eigenvalue weighted by Crippen LogP contribution is -2.42. The van der Waals surface area contributed by atoms with E-state index in [9.17, 15) is 4.79 Å². The van der Waals surface area contributed by atoms with Crippen molar-refractivity contribution < 1.29 is 14.3 Å². The number of pyridine rings is 1. The largest absolute Gasteiger partial charge is 0.378 e. The van der Waals surface area contributed by atoms with E-state index in [1.165, 1.54) is 0 Å². The molecule has 1 aromatic heterocycles. The minimum absolute atomic E-state index is 0.118.